The van der Waals surface area contributed by atoms with Gasteiger partial charge in [0.25, 0.3) is 0 Å². The average Bonchev–Trinajstić information content (AvgIpc) is 2.69. The second-order valence-corrected chi connectivity index (χ2v) is 8.42. The number of hydrogen-bond donors (Lipinski definition) is 4. The third-order valence-electron chi connectivity index (χ3n) is 6.09. The minimum atomic E-state index is -0.780. The van der Waals surface area contributed by atoms with Crippen molar-refractivity contribution in [1.82, 2.24) is 20.9 Å². The van der Waals surface area contributed by atoms with E-state index in [1.165, 1.54) is 6.42 Å². The van der Waals surface area contributed by atoms with Gasteiger partial charge < -0.3 is 16.0 Å². The van der Waals surface area contributed by atoms with Gasteiger partial charge in [0.2, 0.25) is 17.7 Å². The van der Waals surface area contributed by atoms with E-state index in [4.69, 9.17) is 11.6 Å². The van der Waals surface area contributed by atoms with Crippen molar-refractivity contribution in [3.8, 4) is 0 Å². The summed E-state index contributed by atoms with van der Waals surface area (Å²) >= 11 is 6.13. The molecule has 3 aliphatic heterocycles. The third kappa shape index (κ3) is 4.10. The summed E-state index contributed by atoms with van der Waals surface area (Å²) in [6, 6.07) is 7.22. The van der Waals surface area contributed by atoms with Crippen LogP contribution in [0.4, 0.5) is 5.69 Å². The molecule has 0 radical (unpaired) electrons. The summed E-state index contributed by atoms with van der Waals surface area (Å²) in [5.41, 5.74) is 0.464. The first-order valence-electron chi connectivity index (χ1n) is 10.1. The van der Waals surface area contributed by atoms with Gasteiger partial charge in [-0.25, -0.2) is 0 Å². The lowest BCUT2D eigenvalue weighted by Gasteiger charge is -2.48. The van der Waals surface area contributed by atoms with Gasteiger partial charge in [-0.1, -0.05) is 30.2 Å². The van der Waals surface area contributed by atoms with Crippen LogP contribution in [0.3, 0.4) is 0 Å². The number of carbonyl (C=O) groups is 3. The van der Waals surface area contributed by atoms with Gasteiger partial charge in [-0.2, -0.15) is 0 Å². The predicted octanol–water partition coefficient (Wildman–Crippen LogP) is 1.23. The van der Waals surface area contributed by atoms with Crippen molar-refractivity contribution in [2.75, 3.05) is 11.9 Å². The van der Waals surface area contributed by atoms with E-state index >= 15 is 0 Å². The molecule has 8 nitrogen and oxygen atoms in total. The molecular weight excluding hydrogens is 394 g/mol. The maximum absolute atomic E-state index is 13.0. The number of para-hydroxylation sites is 1. The molecule has 1 aromatic rings. The van der Waals surface area contributed by atoms with Crippen molar-refractivity contribution in [2.45, 2.75) is 51.1 Å². The lowest BCUT2D eigenvalue weighted by molar-refractivity contribution is -0.148. The van der Waals surface area contributed by atoms with Crippen LogP contribution < -0.4 is 21.3 Å². The molecule has 9 heteroatoms. The first-order chi connectivity index (χ1) is 13.9. The topological polar surface area (TPSA) is 103 Å². The summed E-state index contributed by atoms with van der Waals surface area (Å²) in [5, 5.41) is 12.4. The third-order valence-corrected chi connectivity index (χ3v) is 6.42. The van der Waals surface area contributed by atoms with Crippen LogP contribution >= 0.6 is 11.6 Å². The molecule has 4 N–H and O–H groups in total. The Bertz CT molecular complexity index is 819. The maximum Gasteiger partial charge on any atom is 0.229 e. The monoisotopic (exact) mass is 419 g/mol. The molecule has 0 spiro atoms. The molecule has 3 saturated heterocycles. The van der Waals surface area contributed by atoms with E-state index in [1.54, 1.807) is 24.3 Å². The van der Waals surface area contributed by atoms with Crippen molar-refractivity contribution in [2.24, 2.45) is 11.8 Å². The molecule has 0 aromatic heterocycles. The molecular formula is C20H26ClN5O3. The second kappa shape index (κ2) is 8.30. The summed E-state index contributed by atoms with van der Waals surface area (Å²) < 4.78 is 0. The van der Waals surface area contributed by atoms with Crippen LogP contribution in [0, 0.1) is 11.8 Å². The van der Waals surface area contributed by atoms with Gasteiger partial charge in [-0.05, 0) is 31.9 Å². The van der Waals surface area contributed by atoms with Crippen molar-refractivity contribution >= 4 is 35.0 Å². The smallest absolute Gasteiger partial charge is 0.229 e. The van der Waals surface area contributed by atoms with Crippen molar-refractivity contribution in [3.05, 3.63) is 29.3 Å². The lowest BCUT2D eigenvalue weighted by atomic mass is 9.81. The summed E-state index contributed by atoms with van der Waals surface area (Å²) in [4.78, 5) is 40.4. The molecule has 4 rings (SSSR count). The van der Waals surface area contributed by atoms with Gasteiger partial charge >= 0.3 is 0 Å². The zero-order chi connectivity index (χ0) is 20.5. The first kappa shape index (κ1) is 20.1. The van der Waals surface area contributed by atoms with Gasteiger partial charge in [0, 0.05) is 19.0 Å². The standard InChI is InChI=1S/C20H26ClN5O3/c1-11-6-4-5-9-26(11)20-24-17-16(19(29)25-20)12(10-15(27)23-17)18(28)22-14-8-3-2-7-13(14)21/h2-3,7-8,11-12,16-17,20,24H,4-6,9-10H2,1H3,(H,22,28)(H,23,27)(H,25,29). The highest BCUT2D eigenvalue weighted by Gasteiger charge is 2.49. The quantitative estimate of drug-likeness (QED) is 0.590. The van der Waals surface area contributed by atoms with Gasteiger partial charge in [-0.15, -0.1) is 0 Å². The summed E-state index contributed by atoms with van der Waals surface area (Å²) in [6.45, 7) is 3.01. The SMILES string of the molecule is CC1CCCCN1C1NC(=O)C2C(NC(=O)CC2C(=O)Nc2ccccc2Cl)N1. The lowest BCUT2D eigenvalue weighted by Crippen LogP contribution is -2.75. The van der Waals surface area contributed by atoms with E-state index < -0.39 is 18.0 Å². The Hall–Kier alpha value is -2.16. The Labute approximate surface area is 174 Å². The largest absolute Gasteiger partial charge is 0.340 e. The molecule has 3 aliphatic rings. The highest BCUT2D eigenvalue weighted by atomic mass is 35.5. The van der Waals surface area contributed by atoms with E-state index in [0.29, 0.717) is 16.8 Å². The molecule has 3 amide bonds. The molecule has 0 aliphatic carbocycles. The number of carbonyl (C=O) groups excluding carboxylic acids is 3. The zero-order valence-electron chi connectivity index (χ0n) is 16.3. The highest BCUT2D eigenvalue weighted by Crippen LogP contribution is 2.30. The number of nitrogens with one attached hydrogen (secondary N) is 4. The number of likely N-dealkylation sites (tertiary alicyclic amines) is 1. The van der Waals surface area contributed by atoms with Crippen LogP contribution in [0.2, 0.25) is 5.02 Å². The van der Waals surface area contributed by atoms with Crippen LogP contribution in [0.1, 0.15) is 32.6 Å². The Balaban J connectivity index is 1.51. The first-order valence-corrected chi connectivity index (χ1v) is 10.5. The van der Waals surface area contributed by atoms with Gasteiger partial charge in [-0.3, -0.25) is 24.6 Å². The van der Waals surface area contributed by atoms with Crippen LogP contribution in [0.5, 0.6) is 0 Å². The Morgan fingerprint density at radius 3 is 2.76 bits per heavy atom. The number of hydrogen-bond acceptors (Lipinski definition) is 5. The van der Waals surface area contributed by atoms with Crippen molar-refractivity contribution in [3.63, 3.8) is 0 Å². The van der Waals surface area contributed by atoms with Gasteiger partial charge in [0.1, 0.15) is 6.29 Å². The molecule has 1 aromatic carbocycles. The van der Waals surface area contributed by atoms with E-state index in [1.807, 2.05) is 0 Å². The normalized spacial score (nSPS) is 32.7. The van der Waals surface area contributed by atoms with Crippen molar-refractivity contribution in [1.29, 1.82) is 0 Å². The van der Waals surface area contributed by atoms with E-state index in [0.717, 1.165) is 19.4 Å². The van der Waals surface area contributed by atoms with Gasteiger partial charge in [0.05, 0.1) is 28.7 Å². The summed E-state index contributed by atoms with van der Waals surface area (Å²) in [7, 11) is 0. The zero-order valence-corrected chi connectivity index (χ0v) is 17.0. The molecule has 0 bridgehead atoms. The van der Waals surface area contributed by atoms with Crippen LogP contribution in [-0.4, -0.2) is 47.7 Å². The molecule has 156 valence electrons. The molecule has 5 unspecified atom stereocenters. The molecule has 5 atom stereocenters. The molecule has 0 saturated carbocycles. The number of halogens is 1. The second-order valence-electron chi connectivity index (χ2n) is 8.01. The highest BCUT2D eigenvalue weighted by molar-refractivity contribution is 6.33. The van der Waals surface area contributed by atoms with Crippen LogP contribution in [0.25, 0.3) is 0 Å². The fourth-order valence-electron chi connectivity index (χ4n) is 4.53. The summed E-state index contributed by atoms with van der Waals surface area (Å²) in [6.07, 6.45) is 2.32. The average molecular weight is 420 g/mol. The fraction of sp³-hybridized carbons (Fsp3) is 0.550. The van der Waals surface area contributed by atoms with E-state index in [-0.39, 0.29) is 30.4 Å². The number of fused-ring (bicyclic) bond motifs is 1. The minimum absolute atomic E-state index is 0.0443. The summed E-state index contributed by atoms with van der Waals surface area (Å²) in [5.74, 6) is -2.33. The number of piperidine rings is 2. The minimum Gasteiger partial charge on any atom is -0.340 e. The molecule has 3 fully saturated rings. The van der Waals surface area contributed by atoms with E-state index in [2.05, 4.69) is 33.1 Å². The fourth-order valence-corrected chi connectivity index (χ4v) is 4.71. The predicted molar refractivity (Wildman–Crippen MR) is 109 cm³/mol. The van der Waals surface area contributed by atoms with Crippen LogP contribution in [-0.2, 0) is 14.4 Å². The Kier molecular flexibility index (Phi) is 5.76. The number of benzene rings is 1. The Morgan fingerprint density at radius 1 is 1.21 bits per heavy atom. The number of amides is 3. The number of rotatable bonds is 3. The number of anilines is 1. The number of nitrogens with zero attached hydrogens (tertiary/aromatic N) is 1. The molecule has 3 heterocycles. The van der Waals surface area contributed by atoms with Gasteiger partial charge in [0.15, 0.2) is 0 Å². The van der Waals surface area contributed by atoms with Crippen LogP contribution in [0.15, 0.2) is 24.3 Å². The molecule has 29 heavy (non-hydrogen) atoms. The Morgan fingerprint density at radius 2 is 2.00 bits per heavy atom. The van der Waals surface area contributed by atoms with E-state index in [9.17, 15) is 14.4 Å². The maximum atomic E-state index is 13.0. The van der Waals surface area contributed by atoms with Crippen molar-refractivity contribution < 1.29 is 14.4 Å².